The molecular weight excluding hydrogens is 226 g/mol. The molecule has 6 nitrogen and oxygen atoms in total. The standard InChI is InChI=1S/C11H21NO5/c1-11(2,3)17-10(16)12(4)7-8(13)5-6-9(14)15/h8,13H,5-7H2,1-4H3,(H,14,15)/t8-/m0/s1. The molecule has 0 aromatic carbocycles. The van der Waals surface area contributed by atoms with E-state index in [1.54, 1.807) is 20.8 Å². The van der Waals surface area contributed by atoms with Crippen molar-refractivity contribution in [3.05, 3.63) is 0 Å². The molecule has 0 aliphatic rings. The first kappa shape index (κ1) is 15.7. The monoisotopic (exact) mass is 247 g/mol. The van der Waals surface area contributed by atoms with Gasteiger partial charge < -0.3 is 19.8 Å². The molecule has 17 heavy (non-hydrogen) atoms. The SMILES string of the molecule is CN(C[C@@H](O)CCC(=O)O)C(=O)OC(C)(C)C. The van der Waals surface area contributed by atoms with Crippen molar-refractivity contribution in [2.45, 2.75) is 45.3 Å². The zero-order chi connectivity index (χ0) is 13.6. The Hall–Kier alpha value is -1.30. The summed E-state index contributed by atoms with van der Waals surface area (Å²) in [5, 5.41) is 17.9. The predicted molar refractivity (Wildman–Crippen MR) is 61.7 cm³/mol. The first-order chi connectivity index (χ1) is 7.61. The number of carboxylic acid groups (broad SMARTS) is 1. The zero-order valence-electron chi connectivity index (χ0n) is 10.8. The van der Waals surface area contributed by atoms with Gasteiger partial charge in [0.15, 0.2) is 0 Å². The lowest BCUT2D eigenvalue weighted by atomic mass is 10.2. The number of hydrogen-bond acceptors (Lipinski definition) is 4. The minimum absolute atomic E-state index is 0.0577. The molecule has 0 aliphatic carbocycles. The molecule has 1 amide bonds. The first-order valence-electron chi connectivity index (χ1n) is 5.46. The molecule has 0 aromatic heterocycles. The highest BCUT2D eigenvalue weighted by atomic mass is 16.6. The molecule has 0 spiro atoms. The lowest BCUT2D eigenvalue weighted by Crippen LogP contribution is -2.38. The molecule has 0 bridgehead atoms. The van der Waals surface area contributed by atoms with E-state index in [9.17, 15) is 14.7 Å². The van der Waals surface area contributed by atoms with Crippen molar-refractivity contribution in [2.24, 2.45) is 0 Å². The van der Waals surface area contributed by atoms with Crippen LogP contribution in [0.4, 0.5) is 4.79 Å². The fourth-order valence-corrected chi connectivity index (χ4v) is 1.11. The third-order valence-corrected chi connectivity index (χ3v) is 1.88. The van der Waals surface area contributed by atoms with E-state index < -0.39 is 23.8 Å². The Morgan fingerprint density at radius 1 is 1.35 bits per heavy atom. The number of carboxylic acids is 1. The van der Waals surface area contributed by atoms with Crippen LogP contribution >= 0.6 is 0 Å². The van der Waals surface area contributed by atoms with Gasteiger partial charge in [0.25, 0.3) is 0 Å². The normalized spacial score (nSPS) is 13.0. The van der Waals surface area contributed by atoms with Gasteiger partial charge in [0, 0.05) is 20.0 Å². The molecule has 0 saturated heterocycles. The summed E-state index contributed by atoms with van der Waals surface area (Å²) in [6.45, 7) is 5.31. The zero-order valence-corrected chi connectivity index (χ0v) is 10.8. The molecule has 0 fully saturated rings. The minimum Gasteiger partial charge on any atom is -0.481 e. The molecule has 0 heterocycles. The summed E-state index contributed by atoms with van der Waals surface area (Å²) < 4.78 is 5.09. The van der Waals surface area contributed by atoms with Crippen molar-refractivity contribution >= 4 is 12.1 Å². The highest BCUT2D eigenvalue weighted by molar-refractivity contribution is 5.68. The molecule has 0 rings (SSSR count). The molecule has 0 aromatic rings. The van der Waals surface area contributed by atoms with Gasteiger partial charge in [0.05, 0.1) is 6.10 Å². The summed E-state index contributed by atoms with van der Waals surface area (Å²) in [6.07, 6.45) is -1.40. The average molecular weight is 247 g/mol. The van der Waals surface area contributed by atoms with Gasteiger partial charge in [-0.2, -0.15) is 0 Å². The van der Waals surface area contributed by atoms with Crippen LogP contribution in [0.1, 0.15) is 33.6 Å². The maximum atomic E-state index is 11.5. The van der Waals surface area contributed by atoms with Crippen molar-refractivity contribution in [1.29, 1.82) is 0 Å². The number of aliphatic hydroxyl groups excluding tert-OH is 1. The predicted octanol–water partition coefficient (Wildman–Crippen LogP) is 1.08. The third-order valence-electron chi connectivity index (χ3n) is 1.88. The van der Waals surface area contributed by atoms with Crippen LogP contribution in [0.2, 0.25) is 0 Å². The minimum atomic E-state index is -0.969. The fourth-order valence-electron chi connectivity index (χ4n) is 1.11. The number of amides is 1. The summed E-state index contributed by atoms with van der Waals surface area (Å²) in [6, 6.07) is 0. The Balaban J connectivity index is 4.03. The van der Waals surface area contributed by atoms with Crippen molar-refractivity contribution in [2.75, 3.05) is 13.6 Å². The Morgan fingerprint density at radius 2 is 1.88 bits per heavy atom. The highest BCUT2D eigenvalue weighted by Crippen LogP contribution is 2.09. The van der Waals surface area contributed by atoms with Crippen LogP contribution in [0.15, 0.2) is 0 Å². The topological polar surface area (TPSA) is 87.1 Å². The molecule has 0 radical (unpaired) electrons. The molecule has 100 valence electrons. The molecule has 2 N–H and O–H groups in total. The first-order valence-corrected chi connectivity index (χ1v) is 5.46. The van der Waals surface area contributed by atoms with Crippen molar-refractivity contribution in [3.8, 4) is 0 Å². The number of carbonyl (C=O) groups is 2. The van der Waals surface area contributed by atoms with Gasteiger partial charge in [-0.15, -0.1) is 0 Å². The molecular formula is C11H21NO5. The largest absolute Gasteiger partial charge is 0.481 e. The average Bonchev–Trinajstić information content (AvgIpc) is 2.11. The number of rotatable bonds is 5. The van der Waals surface area contributed by atoms with Gasteiger partial charge in [-0.05, 0) is 27.2 Å². The molecule has 1 atom stereocenters. The second-order valence-corrected chi connectivity index (χ2v) is 4.95. The number of likely N-dealkylation sites (N-methyl/N-ethyl adjacent to an activating group) is 1. The van der Waals surface area contributed by atoms with Crippen LogP contribution in [0.5, 0.6) is 0 Å². The number of hydrogen-bond donors (Lipinski definition) is 2. The van der Waals surface area contributed by atoms with E-state index in [2.05, 4.69) is 0 Å². The number of nitrogens with zero attached hydrogens (tertiary/aromatic N) is 1. The van der Waals surface area contributed by atoms with E-state index in [1.165, 1.54) is 11.9 Å². The number of carbonyl (C=O) groups excluding carboxylic acids is 1. The van der Waals surface area contributed by atoms with Gasteiger partial charge in [0.2, 0.25) is 0 Å². The van der Waals surface area contributed by atoms with Gasteiger partial charge in [-0.3, -0.25) is 4.79 Å². The molecule has 0 unspecified atom stereocenters. The lowest BCUT2D eigenvalue weighted by Gasteiger charge is -2.25. The van der Waals surface area contributed by atoms with E-state index in [0.717, 1.165) is 0 Å². The quantitative estimate of drug-likeness (QED) is 0.759. The Morgan fingerprint density at radius 3 is 2.29 bits per heavy atom. The fraction of sp³-hybridized carbons (Fsp3) is 0.818. The summed E-state index contributed by atoms with van der Waals surface area (Å²) in [7, 11) is 1.50. The van der Waals surface area contributed by atoms with Crippen LogP contribution in [-0.4, -0.2) is 52.5 Å². The Kier molecular flexibility index (Phi) is 5.95. The summed E-state index contributed by atoms with van der Waals surface area (Å²) in [4.78, 5) is 23.0. The maximum Gasteiger partial charge on any atom is 0.410 e. The van der Waals surface area contributed by atoms with Crippen LogP contribution < -0.4 is 0 Å². The van der Waals surface area contributed by atoms with Gasteiger partial charge in [-0.1, -0.05) is 0 Å². The lowest BCUT2D eigenvalue weighted by molar-refractivity contribution is -0.137. The van der Waals surface area contributed by atoms with Crippen LogP contribution in [0, 0.1) is 0 Å². The van der Waals surface area contributed by atoms with Crippen LogP contribution in [0.25, 0.3) is 0 Å². The maximum absolute atomic E-state index is 11.5. The van der Waals surface area contributed by atoms with Gasteiger partial charge >= 0.3 is 12.1 Å². The van der Waals surface area contributed by atoms with Crippen molar-refractivity contribution in [3.63, 3.8) is 0 Å². The van der Waals surface area contributed by atoms with Crippen molar-refractivity contribution < 1.29 is 24.5 Å². The smallest absolute Gasteiger partial charge is 0.410 e. The molecule has 0 saturated carbocycles. The highest BCUT2D eigenvalue weighted by Gasteiger charge is 2.21. The number of ether oxygens (including phenoxy) is 1. The number of aliphatic hydroxyl groups is 1. The van der Waals surface area contributed by atoms with Gasteiger partial charge in [-0.25, -0.2) is 4.79 Å². The van der Waals surface area contributed by atoms with E-state index in [4.69, 9.17) is 9.84 Å². The van der Waals surface area contributed by atoms with Crippen LogP contribution in [0.3, 0.4) is 0 Å². The summed E-state index contributed by atoms with van der Waals surface area (Å²) >= 11 is 0. The second-order valence-electron chi connectivity index (χ2n) is 4.95. The van der Waals surface area contributed by atoms with Crippen molar-refractivity contribution in [1.82, 2.24) is 4.90 Å². The summed E-state index contributed by atoms with van der Waals surface area (Å²) in [5.41, 5.74) is -0.586. The Labute approximate surface area is 101 Å². The van der Waals surface area contributed by atoms with E-state index in [-0.39, 0.29) is 19.4 Å². The molecule has 6 heteroatoms. The number of aliphatic carboxylic acids is 1. The summed E-state index contributed by atoms with van der Waals surface area (Å²) in [5.74, 6) is -0.969. The van der Waals surface area contributed by atoms with E-state index >= 15 is 0 Å². The Bertz CT molecular complexity index is 272. The second kappa shape index (κ2) is 6.44. The van der Waals surface area contributed by atoms with E-state index in [0.29, 0.717) is 0 Å². The molecule has 0 aliphatic heterocycles. The van der Waals surface area contributed by atoms with E-state index in [1.807, 2.05) is 0 Å². The van der Waals surface area contributed by atoms with Gasteiger partial charge in [0.1, 0.15) is 5.60 Å². The van der Waals surface area contributed by atoms with Crippen LogP contribution in [-0.2, 0) is 9.53 Å². The third kappa shape index (κ3) is 8.50.